The van der Waals surface area contributed by atoms with Crippen LogP contribution in [0.5, 0.6) is 5.75 Å². The van der Waals surface area contributed by atoms with E-state index < -0.39 is 11.7 Å². The molecule has 6 nitrogen and oxygen atoms in total. The Morgan fingerprint density at radius 3 is 2.87 bits per heavy atom. The zero-order valence-corrected chi connectivity index (χ0v) is 13.9. The molecule has 0 bridgehead atoms. The largest absolute Gasteiger partial charge is 0.481 e. The first-order chi connectivity index (χ1) is 10.8. The third kappa shape index (κ3) is 4.56. The van der Waals surface area contributed by atoms with Gasteiger partial charge < -0.3 is 15.2 Å². The molecule has 1 amide bonds. The van der Waals surface area contributed by atoms with E-state index in [4.69, 9.17) is 4.74 Å². The highest BCUT2D eigenvalue weighted by atomic mass is 16.5. The van der Waals surface area contributed by atoms with Gasteiger partial charge in [-0.05, 0) is 38.5 Å². The van der Waals surface area contributed by atoms with Crippen LogP contribution in [0.1, 0.15) is 25.0 Å². The molecule has 2 rings (SSSR count). The van der Waals surface area contributed by atoms with E-state index in [9.17, 15) is 9.90 Å². The highest BCUT2D eigenvalue weighted by Gasteiger charge is 2.26. The Bertz CT molecular complexity index is 679. The van der Waals surface area contributed by atoms with Crippen molar-refractivity contribution >= 4 is 5.91 Å². The molecule has 2 N–H and O–H groups in total. The molecule has 23 heavy (non-hydrogen) atoms. The van der Waals surface area contributed by atoms with Crippen LogP contribution < -0.4 is 10.1 Å². The summed E-state index contributed by atoms with van der Waals surface area (Å²) in [5.41, 5.74) is 0.523. The molecule has 0 aliphatic rings. The average Bonchev–Trinajstić information content (AvgIpc) is 2.92. The second-order valence-corrected chi connectivity index (χ2v) is 5.97. The fourth-order valence-electron chi connectivity index (χ4n) is 2.15. The second kappa shape index (κ2) is 6.83. The van der Waals surface area contributed by atoms with Crippen LogP contribution in [-0.2, 0) is 17.4 Å². The van der Waals surface area contributed by atoms with Crippen molar-refractivity contribution in [1.29, 1.82) is 0 Å². The third-order valence-electron chi connectivity index (χ3n) is 3.61. The van der Waals surface area contributed by atoms with E-state index in [0.717, 1.165) is 5.56 Å². The number of aryl methyl sites for hydroxylation is 2. The monoisotopic (exact) mass is 317 g/mol. The SMILES string of the molecule is Cc1cccc(OC(C)C(=O)NCC(C)(O)c2cnn(C)c2)c1. The van der Waals surface area contributed by atoms with Gasteiger partial charge in [0.15, 0.2) is 6.10 Å². The normalized spacial score (nSPS) is 14.8. The number of hydrogen-bond donors (Lipinski definition) is 2. The van der Waals surface area contributed by atoms with Gasteiger partial charge in [-0.3, -0.25) is 9.48 Å². The van der Waals surface area contributed by atoms with E-state index in [1.165, 1.54) is 0 Å². The lowest BCUT2D eigenvalue weighted by atomic mass is 10.00. The van der Waals surface area contributed by atoms with E-state index in [1.54, 1.807) is 38.0 Å². The number of aromatic nitrogens is 2. The fourth-order valence-corrected chi connectivity index (χ4v) is 2.15. The van der Waals surface area contributed by atoms with Gasteiger partial charge in [0.05, 0.1) is 12.7 Å². The predicted molar refractivity (Wildman–Crippen MR) is 87.1 cm³/mol. The molecule has 2 atom stereocenters. The first-order valence-corrected chi connectivity index (χ1v) is 7.50. The number of carbonyl (C=O) groups is 1. The Labute approximate surface area is 136 Å². The summed E-state index contributed by atoms with van der Waals surface area (Å²) in [7, 11) is 1.77. The maximum absolute atomic E-state index is 12.1. The van der Waals surface area contributed by atoms with Crippen LogP contribution in [0.4, 0.5) is 0 Å². The topological polar surface area (TPSA) is 76.4 Å². The van der Waals surface area contributed by atoms with E-state index in [-0.39, 0.29) is 12.5 Å². The Morgan fingerprint density at radius 1 is 1.52 bits per heavy atom. The third-order valence-corrected chi connectivity index (χ3v) is 3.61. The number of hydrogen-bond acceptors (Lipinski definition) is 4. The van der Waals surface area contributed by atoms with Crippen molar-refractivity contribution in [3.05, 3.63) is 47.8 Å². The first-order valence-electron chi connectivity index (χ1n) is 7.50. The Balaban J connectivity index is 1.91. The van der Waals surface area contributed by atoms with Crippen LogP contribution in [0.3, 0.4) is 0 Å². The zero-order valence-electron chi connectivity index (χ0n) is 13.9. The zero-order chi connectivity index (χ0) is 17.0. The van der Waals surface area contributed by atoms with Crippen LogP contribution in [0.2, 0.25) is 0 Å². The number of rotatable bonds is 6. The van der Waals surface area contributed by atoms with Crippen molar-refractivity contribution in [1.82, 2.24) is 15.1 Å². The quantitative estimate of drug-likeness (QED) is 0.847. The highest BCUT2D eigenvalue weighted by molar-refractivity contribution is 5.80. The average molecular weight is 317 g/mol. The number of carbonyl (C=O) groups excluding carboxylic acids is 1. The van der Waals surface area contributed by atoms with Gasteiger partial charge in [-0.25, -0.2) is 0 Å². The lowest BCUT2D eigenvalue weighted by Gasteiger charge is -2.23. The molecular weight excluding hydrogens is 294 g/mol. The number of nitrogens with zero attached hydrogens (tertiary/aromatic N) is 2. The molecule has 2 unspecified atom stereocenters. The molecule has 124 valence electrons. The molecule has 0 aliphatic carbocycles. The molecule has 1 aromatic heterocycles. The summed E-state index contributed by atoms with van der Waals surface area (Å²) < 4.78 is 7.23. The molecule has 0 saturated heterocycles. The van der Waals surface area contributed by atoms with Crippen molar-refractivity contribution in [3.63, 3.8) is 0 Å². The van der Waals surface area contributed by atoms with E-state index >= 15 is 0 Å². The van der Waals surface area contributed by atoms with E-state index in [1.807, 2.05) is 31.2 Å². The number of amides is 1. The van der Waals surface area contributed by atoms with Crippen molar-refractivity contribution in [2.45, 2.75) is 32.5 Å². The number of aliphatic hydroxyl groups is 1. The summed E-state index contributed by atoms with van der Waals surface area (Å²) in [6, 6.07) is 7.52. The molecule has 6 heteroatoms. The molecule has 0 radical (unpaired) electrons. The van der Waals surface area contributed by atoms with Crippen LogP contribution in [-0.4, -0.2) is 33.4 Å². The molecule has 0 aliphatic heterocycles. The van der Waals surface area contributed by atoms with E-state index in [0.29, 0.717) is 11.3 Å². The van der Waals surface area contributed by atoms with Crippen molar-refractivity contribution < 1.29 is 14.6 Å². The minimum Gasteiger partial charge on any atom is -0.481 e. The molecule has 2 aromatic rings. The first kappa shape index (κ1) is 17.0. The van der Waals surface area contributed by atoms with Gasteiger partial charge in [0.2, 0.25) is 0 Å². The number of benzene rings is 1. The van der Waals surface area contributed by atoms with Gasteiger partial charge in [0.1, 0.15) is 11.4 Å². The van der Waals surface area contributed by atoms with Gasteiger partial charge in [-0.2, -0.15) is 5.10 Å². The summed E-state index contributed by atoms with van der Waals surface area (Å²) in [5.74, 6) is 0.363. The molecular formula is C17H23N3O3. The van der Waals surface area contributed by atoms with Crippen LogP contribution >= 0.6 is 0 Å². The fraction of sp³-hybridized carbons (Fsp3) is 0.412. The molecule has 1 aromatic carbocycles. The van der Waals surface area contributed by atoms with Crippen molar-refractivity contribution in [2.75, 3.05) is 6.54 Å². The maximum atomic E-state index is 12.1. The predicted octanol–water partition coefficient (Wildman–Crippen LogP) is 1.52. The summed E-state index contributed by atoms with van der Waals surface area (Å²) in [6.07, 6.45) is 2.65. The number of nitrogens with one attached hydrogen (secondary N) is 1. The van der Waals surface area contributed by atoms with Crippen molar-refractivity contribution in [3.8, 4) is 5.75 Å². The molecule has 1 heterocycles. The summed E-state index contributed by atoms with van der Waals surface area (Å²) in [4.78, 5) is 12.1. The van der Waals surface area contributed by atoms with E-state index in [2.05, 4.69) is 10.4 Å². The highest BCUT2D eigenvalue weighted by Crippen LogP contribution is 2.19. The molecule has 0 fully saturated rings. The summed E-state index contributed by atoms with van der Waals surface area (Å²) in [6.45, 7) is 5.36. The Morgan fingerprint density at radius 2 is 2.26 bits per heavy atom. The Hall–Kier alpha value is -2.34. The summed E-state index contributed by atoms with van der Waals surface area (Å²) >= 11 is 0. The number of ether oxygens (including phenoxy) is 1. The van der Waals surface area contributed by atoms with Crippen LogP contribution in [0.25, 0.3) is 0 Å². The van der Waals surface area contributed by atoms with Gasteiger partial charge in [0, 0.05) is 18.8 Å². The van der Waals surface area contributed by atoms with Gasteiger partial charge in [-0.1, -0.05) is 12.1 Å². The summed E-state index contributed by atoms with van der Waals surface area (Å²) in [5, 5.41) is 17.2. The second-order valence-electron chi connectivity index (χ2n) is 5.97. The standard InChI is InChI=1S/C17H23N3O3/c1-12-6-5-7-15(8-12)23-13(2)16(21)18-11-17(3,22)14-9-19-20(4)10-14/h5-10,13,22H,11H2,1-4H3,(H,18,21). The Kier molecular flexibility index (Phi) is 5.05. The van der Waals surface area contributed by atoms with Crippen molar-refractivity contribution in [2.24, 2.45) is 7.05 Å². The smallest absolute Gasteiger partial charge is 0.260 e. The van der Waals surface area contributed by atoms with Crippen LogP contribution in [0.15, 0.2) is 36.7 Å². The maximum Gasteiger partial charge on any atom is 0.260 e. The van der Waals surface area contributed by atoms with Gasteiger partial charge in [0.25, 0.3) is 5.91 Å². The van der Waals surface area contributed by atoms with Gasteiger partial charge in [-0.15, -0.1) is 0 Å². The minimum atomic E-state index is -1.19. The van der Waals surface area contributed by atoms with Crippen LogP contribution in [0, 0.1) is 6.92 Å². The molecule has 0 spiro atoms. The van der Waals surface area contributed by atoms with Gasteiger partial charge >= 0.3 is 0 Å². The lowest BCUT2D eigenvalue weighted by molar-refractivity contribution is -0.128. The molecule has 0 saturated carbocycles. The minimum absolute atomic E-state index is 0.0824. The lowest BCUT2D eigenvalue weighted by Crippen LogP contribution is -2.43.